The van der Waals surface area contributed by atoms with E-state index in [4.69, 9.17) is 19.4 Å². The molecule has 2 heterocycles. The molecule has 0 amide bonds. The molecule has 17 heavy (non-hydrogen) atoms. The van der Waals surface area contributed by atoms with Gasteiger partial charge in [-0.25, -0.2) is 0 Å². The van der Waals surface area contributed by atoms with E-state index >= 15 is 0 Å². The van der Waals surface area contributed by atoms with Crippen molar-refractivity contribution < 1.29 is 26.1 Å². The molecular weight excluding hydrogens is 352 g/mol. The number of pyridine rings is 2. The molecule has 0 fully saturated rings. The Labute approximate surface area is 115 Å². The molecule has 0 unspecified atom stereocenters. The van der Waals surface area contributed by atoms with E-state index in [1.54, 1.807) is 12.4 Å². The van der Waals surface area contributed by atoms with Crippen LogP contribution in [0.1, 0.15) is 0 Å². The van der Waals surface area contributed by atoms with Crippen molar-refractivity contribution in [3.8, 4) is 11.4 Å². The van der Waals surface area contributed by atoms with Gasteiger partial charge in [-0.1, -0.05) is 12.1 Å². The molecule has 4 N–H and O–H groups in total. The topological polar surface area (TPSA) is 88.8 Å². The molecule has 4 nitrogen and oxygen atoms in total. The Hall–Kier alpha value is -0.577. The summed E-state index contributed by atoms with van der Waals surface area (Å²) in [5.41, 5.74) is 1.83. The molecule has 96 valence electrons. The van der Waals surface area contributed by atoms with Crippen molar-refractivity contribution in [3.63, 3.8) is 0 Å². The molecule has 0 saturated heterocycles. The Morgan fingerprint density at radius 1 is 0.765 bits per heavy atom. The second-order valence-corrected chi connectivity index (χ2v) is 5.12. The van der Waals surface area contributed by atoms with Crippen molar-refractivity contribution in [2.24, 2.45) is 0 Å². The van der Waals surface area contributed by atoms with Crippen molar-refractivity contribution in [2.45, 2.75) is 0 Å². The molecule has 0 bridgehead atoms. The van der Waals surface area contributed by atoms with Crippen LogP contribution in [0.5, 0.6) is 0 Å². The maximum Gasteiger partial charge on any atom is 0.0886 e. The van der Waals surface area contributed by atoms with Crippen molar-refractivity contribution in [1.29, 1.82) is 0 Å². The first kappa shape index (κ1) is 18.8. The Balaban J connectivity index is 0. The van der Waals surface area contributed by atoms with E-state index in [0.717, 1.165) is 11.4 Å². The maximum absolute atomic E-state index is 4.85. The predicted molar refractivity (Wildman–Crippen MR) is 66.4 cm³/mol. The van der Waals surface area contributed by atoms with Crippen LogP contribution in [-0.2, 0) is 15.1 Å². The molecule has 0 radical (unpaired) electrons. The maximum atomic E-state index is 4.85. The van der Waals surface area contributed by atoms with Gasteiger partial charge in [-0.15, -0.1) is 0 Å². The zero-order valence-corrected chi connectivity index (χ0v) is 11.9. The molecule has 0 spiro atoms. The summed E-state index contributed by atoms with van der Waals surface area (Å²) in [7, 11) is 9.71. The van der Waals surface area contributed by atoms with E-state index in [-0.39, 0.29) is 26.1 Å². The fraction of sp³-hybridized carbons (Fsp3) is 0. The number of rotatable bonds is 1. The number of nitrogens with zero attached hydrogens (tertiary/aromatic N) is 2. The third-order valence-electron chi connectivity index (χ3n) is 1.59. The third-order valence-corrected chi connectivity index (χ3v) is 1.59. The average Bonchev–Trinajstić information content (AvgIpc) is 2.32. The molecule has 2 aromatic heterocycles. The van der Waals surface area contributed by atoms with Crippen molar-refractivity contribution in [2.75, 3.05) is 0 Å². The first-order valence-electron chi connectivity index (χ1n) is 4.06. The summed E-state index contributed by atoms with van der Waals surface area (Å²) in [5, 5.41) is 0. The largest absolute Gasteiger partial charge is 0.255 e. The van der Waals surface area contributed by atoms with Crippen molar-refractivity contribution >= 4 is 19.4 Å². The third kappa shape index (κ3) is 7.37. The summed E-state index contributed by atoms with van der Waals surface area (Å²) in [6, 6.07) is 11.6. The van der Waals surface area contributed by atoms with Gasteiger partial charge >= 0.3 is 34.5 Å². The molecule has 2 rings (SSSR count). The summed E-state index contributed by atoms with van der Waals surface area (Å²) in [5.74, 6) is 0. The number of halogens is 2. The Kier molecular flexibility index (Phi) is 13.1. The van der Waals surface area contributed by atoms with Crippen LogP contribution in [0.15, 0.2) is 48.8 Å². The first-order chi connectivity index (χ1) is 7.38. The van der Waals surface area contributed by atoms with Gasteiger partial charge in [0.2, 0.25) is 0 Å². The van der Waals surface area contributed by atoms with Crippen molar-refractivity contribution in [3.05, 3.63) is 48.8 Å². The van der Waals surface area contributed by atoms with Gasteiger partial charge in [0.15, 0.2) is 0 Å². The fourth-order valence-corrected chi connectivity index (χ4v) is 1.03. The van der Waals surface area contributed by atoms with Crippen LogP contribution in [-0.4, -0.2) is 20.9 Å². The zero-order chi connectivity index (χ0) is 10.9. The van der Waals surface area contributed by atoms with Crippen molar-refractivity contribution in [1.82, 2.24) is 9.97 Å². The first-order valence-corrected chi connectivity index (χ1v) is 8.53. The van der Waals surface area contributed by atoms with Gasteiger partial charge < -0.3 is 11.0 Å². The molecule has 0 saturated carbocycles. The molecule has 0 aliphatic rings. The molecule has 0 aromatic carbocycles. The van der Waals surface area contributed by atoms with Crippen LogP contribution < -0.4 is 0 Å². The fourth-order valence-electron chi connectivity index (χ4n) is 1.03. The molecule has 2 aromatic rings. The number of hydrogen-bond acceptors (Lipinski definition) is 2. The van der Waals surface area contributed by atoms with E-state index in [0.29, 0.717) is 0 Å². The minimum atomic E-state index is -0.346. The molecule has 7 heteroatoms. The number of aromatic nitrogens is 2. The Bertz CT molecular complexity index is 341. The van der Waals surface area contributed by atoms with Gasteiger partial charge in [0.1, 0.15) is 0 Å². The smallest absolute Gasteiger partial charge is 0.0886 e. The van der Waals surface area contributed by atoms with E-state index in [1.807, 2.05) is 36.4 Å². The minimum Gasteiger partial charge on any atom is -0.255 e. The zero-order valence-electron chi connectivity index (χ0n) is 8.62. The molecule has 0 atom stereocenters. The molecular formula is C10H12Cl2N2O2Ru. The Morgan fingerprint density at radius 3 is 1.35 bits per heavy atom. The number of hydrogen-bond donors (Lipinski definition) is 0. The summed E-state index contributed by atoms with van der Waals surface area (Å²) in [6.45, 7) is 0. The van der Waals surface area contributed by atoms with E-state index in [9.17, 15) is 0 Å². The van der Waals surface area contributed by atoms with Gasteiger partial charge in [0.05, 0.1) is 11.4 Å². The summed E-state index contributed by atoms with van der Waals surface area (Å²) < 4.78 is 0. The van der Waals surface area contributed by atoms with Gasteiger partial charge in [-0.2, -0.15) is 0 Å². The van der Waals surface area contributed by atoms with Crippen LogP contribution in [0.2, 0.25) is 0 Å². The monoisotopic (exact) mass is 364 g/mol. The molecule has 0 aliphatic heterocycles. The minimum absolute atomic E-state index is 0. The normalized spacial score (nSPS) is 8.12. The summed E-state index contributed by atoms with van der Waals surface area (Å²) in [6.07, 6.45) is 3.54. The average molecular weight is 364 g/mol. The SMILES string of the molecule is O.O.[Cl][Ru][Cl].c1ccc(-c2ccccn2)nc1. The van der Waals surface area contributed by atoms with E-state index in [1.165, 1.54) is 0 Å². The van der Waals surface area contributed by atoms with E-state index in [2.05, 4.69) is 9.97 Å². The van der Waals surface area contributed by atoms with Gasteiger partial charge in [0.25, 0.3) is 0 Å². The second-order valence-electron chi connectivity index (χ2n) is 2.48. The van der Waals surface area contributed by atoms with Crippen LogP contribution in [0, 0.1) is 0 Å². The van der Waals surface area contributed by atoms with E-state index < -0.39 is 0 Å². The second kappa shape index (κ2) is 11.9. The van der Waals surface area contributed by atoms with Crippen LogP contribution in [0.25, 0.3) is 11.4 Å². The van der Waals surface area contributed by atoms with Crippen LogP contribution >= 0.6 is 19.4 Å². The van der Waals surface area contributed by atoms with Crippen LogP contribution in [0.4, 0.5) is 0 Å². The quantitative estimate of drug-likeness (QED) is 0.723. The summed E-state index contributed by atoms with van der Waals surface area (Å²) >= 11 is -0.346. The summed E-state index contributed by atoms with van der Waals surface area (Å²) in [4.78, 5) is 8.37. The van der Waals surface area contributed by atoms with Gasteiger partial charge in [-0.05, 0) is 24.3 Å². The van der Waals surface area contributed by atoms with Gasteiger partial charge in [-0.3, -0.25) is 9.97 Å². The standard InChI is InChI=1S/C10H8N2.2ClH.2H2O.Ru/c1-3-7-11-9(5-1)10-6-2-4-8-12-10;;;;;/h1-8H;2*1H;2*1H2;/q;;;;;+2/p-2. The Morgan fingerprint density at radius 2 is 1.12 bits per heavy atom. The predicted octanol–water partition coefficient (Wildman–Crippen LogP) is 1.87. The molecule has 0 aliphatic carbocycles. The van der Waals surface area contributed by atoms with Gasteiger partial charge in [0, 0.05) is 12.4 Å². The van der Waals surface area contributed by atoms with Crippen LogP contribution in [0.3, 0.4) is 0 Å².